The third-order valence-electron chi connectivity index (χ3n) is 3.89. The lowest BCUT2D eigenvalue weighted by Crippen LogP contribution is -2.45. The molecule has 1 unspecified atom stereocenters. The number of nitrogens with one attached hydrogen (secondary N) is 2. The van der Waals surface area contributed by atoms with E-state index in [1.807, 2.05) is 0 Å². The van der Waals surface area contributed by atoms with Crippen molar-refractivity contribution in [2.24, 2.45) is 5.92 Å². The van der Waals surface area contributed by atoms with Crippen molar-refractivity contribution < 1.29 is 19.4 Å². The standard InChI is InChI=1S/C15H23N3O4/c1-8(2)4-11(18-9(3)19)14-10(12-6-16-7-17-12)5-13(22-14)15(20)21/h6-8,10-11,13-14H,4-5H2,1-3H3,(H,16,17)(H,18,19)(H,20,21)/t10-,11?,13+,14+/m0/s1. The van der Waals surface area contributed by atoms with Crippen LogP contribution in [0.25, 0.3) is 0 Å². The molecule has 0 aliphatic carbocycles. The summed E-state index contributed by atoms with van der Waals surface area (Å²) in [5.41, 5.74) is 0.841. The topological polar surface area (TPSA) is 104 Å². The maximum Gasteiger partial charge on any atom is 0.332 e. The molecule has 7 nitrogen and oxygen atoms in total. The average Bonchev–Trinajstić information content (AvgIpc) is 3.06. The number of hydrogen-bond donors (Lipinski definition) is 3. The van der Waals surface area contributed by atoms with Crippen molar-refractivity contribution in [3.63, 3.8) is 0 Å². The first kappa shape index (κ1) is 16.5. The molecule has 2 rings (SSSR count). The van der Waals surface area contributed by atoms with Gasteiger partial charge in [-0.1, -0.05) is 13.8 Å². The summed E-state index contributed by atoms with van der Waals surface area (Å²) in [5, 5.41) is 12.2. The minimum atomic E-state index is -0.974. The molecule has 0 aromatic carbocycles. The summed E-state index contributed by atoms with van der Waals surface area (Å²) in [7, 11) is 0. The Labute approximate surface area is 129 Å². The van der Waals surface area contributed by atoms with E-state index in [1.165, 1.54) is 6.92 Å². The lowest BCUT2D eigenvalue weighted by atomic mass is 9.88. The molecular weight excluding hydrogens is 286 g/mol. The number of carboxylic acids is 1. The van der Waals surface area contributed by atoms with Crippen molar-refractivity contribution in [3.8, 4) is 0 Å². The summed E-state index contributed by atoms with van der Waals surface area (Å²) in [6, 6.07) is -0.227. The number of nitrogens with zero attached hydrogens (tertiary/aromatic N) is 1. The van der Waals surface area contributed by atoms with Crippen molar-refractivity contribution in [1.82, 2.24) is 15.3 Å². The molecule has 1 aliphatic rings. The molecule has 1 aromatic heterocycles. The van der Waals surface area contributed by atoms with Gasteiger partial charge in [-0.25, -0.2) is 9.78 Å². The Hall–Kier alpha value is -1.89. The third-order valence-corrected chi connectivity index (χ3v) is 3.89. The highest BCUT2D eigenvalue weighted by molar-refractivity contribution is 5.74. The van der Waals surface area contributed by atoms with E-state index >= 15 is 0 Å². The minimum absolute atomic E-state index is 0.126. The molecule has 7 heteroatoms. The molecule has 1 saturated heterocycles. The first-order valence-electron chi connectivity index (χ1n) is 7.52. The number of carbonyl (C=O) groups is 2. The van der Waals surface area contributed by atoms with Gasteiger partial charge in [0.15, 0.2) is 6.10 Å². The van der Waals surface area contributed by atoms with Gasteiger partial charge in [0, 0.05) is 24.7 Å². The smallest absolute Gasteiger partial charge is 0.332 e. The van der Waals surface area contributed by atoms with Crippen LogP contribution in [0.5, 0.6) is 0 Å². The predicted molar refractivity (Wildman–Crippen MR) is 79.3 cm³/mol. The zero-order valence-corrected chi connectivity index (χ0v) is 13.1. The molecule has 1 fully saturated rings. The van der Waals surface area contributed by atoms with Gasteiger partial charge in [-0.2, -0.15) is 0 Å². The molecule has 1 aliphatic heterocycles. The van der Waals surface area contributed by atoms with Crippen LogP contribution < -0.4 is 5.32 Å². The van der Waals surface area contributed by atoms with E-state index in [1.54, 1.807) is 12.5 Å². The van der Waals surface area contributed by atoms with Gasteiger partial charge < -0.3 is 20.1 Å². The average molecular weight is 309 g/mol. The number of carboxylic acid groups (broad SMARTS) is 1. The van der Waals surface area contributed by atoms with Crippen molar-refractivity contribution in [3.05, 3.63) is 18.2 Å². The molecule has 1 amide bonds. The van der Waals surface area contributed by atoms with E-state index in [-0.39, 0.29) is 24.0 Å². The van der Waals surface area contributed by atoms with Crippen LogP contribution in [0.4, 0.5) is 0 Å². The molecule has 0 bridgehead atoms. The van der Waals surface area contributed by atoms with Crippen LogP contribution in [-0.4, -0.2) is 45.2 Å². The monoisotopic (exact) mass is 309 g/mol. The lowest BCUT2D eigenvalue weighted by molar-refractivity contribution is -0.150. The largest absolute Gasteiger partial charge is 0.479 e. The Morgan fingerprint density at radius 2 is 2.27 bits per heavy atom. The van der Waals surface area contributed by atoms with Crippen LogP contribution in [0.3, 0.4) is 0 Å². The number of aliphatic carboxylic acids is 1. The van der Waals surface area contributed by atoms with E-state index in [4.69, 9.17) is 4.74 Å². The van der Waals surface area contributed by atoms with Crippen LogP contribution in [-0.2, 0) is 14.3 Å². The zero-order valence-electron chi connectivity index (χ0n) is 13.1. The zero-order chi connectivity index (χ0) is 16.3. The molecule has 2 heterocycles. The molecule has 0 radical (unpaired) electrons. The number of imidazole rings is 1. The maximum absolute atomic E-state index is 11.5. The molecule has 22 heavy (non-hydrogen) atoms. The van der Waals surface area contributed by atoms with E-state index in [0.717, 1.165) is 12.1 Å². The molecule has 0 saturated carbocycles. The van der Waals surface area contributed by atoms with Crippen molar-refractivity contribution in [2.75, 3.05) is 0 Å². The van der Waals surface area contributed by atoms with Gasteiger partial charge in [0.25, 0.3) is 0 Å². The number of aromatic nitrogens is 2. The van der Waals surface area contributed by atoms with Crippen LogP contribution in [0.1, 0.15) is 45.2 Å². The van der Waals surface area contributed by atoms with Gasteiger partial charge in [0.1, 0.15) is 0 Å². The Morgan fingerprint density at radius 3 is 2.77 bits per heavy atom. The highest BCUT2D eigenvalue weighted by atomic mass is 16.5. The molecule has 4 atom stereocenters. The lowest BCUT2D eigenvalue weighted by Gasteiger charge is -2.29. The van der Waals surface area contributed by atoms with Gasteiger partial charge in [-0.05, 0) is 18.8 Å². The minimum Gasteiger partial charge on any atom is -0.479 e. The van der Waals surface area contributed by atoms with Crippen LogP contribution >= 0.6 is 0 Å². The molecule has 3 N–H and O–H groups in total. The van der Waals surface area contributed by atoms with Gasteiger partial charge in [0.05, 0.1) is 18.5 Å². The number of aromatic amines is 1. The Morgan fingerprint density at radius 1 is 1.55 bits per heavy atom. The highest BCUT2D eigenvalue weighted by Crippen LogP contribution is 2.37. The third kappa shape index (κ3) is 3.85. The predicted octanol–water partition coefficient (Wildman–Crippen LogP) is 1.29. The molecule has 122 valence electrons. The fraction of sp³-hybridized carbons (Fsp3) is 0.667. The van der Waals surface area contributed by atoms with Crippen LogP contribution in [0, 0.1) is 5.92 Å². The second kappa shape index (κ2) is 6.91. The summed E-state index contributed by atoms with van der Waals surface area (Å²) in [4.78, 5) is 29.8. The van der Waals surface area contributed by atoms with Gasteiger partial charge >= 0.3 is 5.97 Å². The number of hydrogen-bond acceptors (Lipinski definition) is 4. The Balaban J connectivity index is 2.25. The van der Waals surface area contributed by atoms with E-state index in [0.29, 0.717) is 12.3 Å². The number of ether oxygens (including phenoxy) is 1. The summed E-state index contributed by atoms with van der Waals surface area (Å²) < 4.78 is 5.76. The van der Waals surface area contributed by atoms with Gasteiger partial charge in [-0.15, -0.1) is 0 Å². The Kier molecular flexibility index (Phi) is 5.18. The first-order chi connectivity index (χ1) is 10.4. The van der Waals surface area contributed by atoms with Crippen LogP contribution in [0.15, 0.2) is 12.5 Å². The fourth-order valence-corrected chi connectivity index (χ4v) is 3.06. The molecule has 1 aromatic rings. The highest BCUT2D eigenvalue weighted by Gasteiger charge is 2.44. The quantitative estimate of drug-likeness (QED) is 0.734. The van der Waals surface area contributed by atoms with Crippen molar-refractivity contribution in [2.45, 2.75) is 57.8 Å². The summed E-state index contributed by atoms with van der Waals surface area (Å²) >= 11 is 0. The SMILES string of the molecule is CC(=O)NC(CC(C)C)[C@@H]1O[C@@H](C(=O)O)C[C@H]1c1cnc[nH]1. The summed E-state index contributed by atoms with van der Waals surface area (Å²) in [6.45, 7) is 5.58. The fourth-order valence-electron chi connectivity index (χ4n) is 3.06. The molecule has 0 spiro atoms. The van der Waals surface area contributed by atoms with Gasteiger partial charge in [0.2, 0.25) is 5.91 Å². The van der Waals surface area contributed by atoms with E-state index in [2.05, 4.69) is 29.1 Å². The van der Waals surface area contributed by atoms with E-state index in [9.17, 15) is 14.7 Å². The normalized spacial score (nSPS) is 26.1. The second-order valence-electron chi connectivity index (χ2n) is 6.21. The Bertz CT molecular complexity index is 515. The summed E-state index contributed by atoms with van der Waals surface area (Å²) in [5.74, 6) is -0.888. The number of carbonyl (C=O) groups excluding carboxylic acids is 1. The van der Waals surface area contributed by atoms with E-state index < -0.39 is 12.1 Å². The summed E-state index contributed by atoms with van der Waals surface area (Å²) in [6.07, 6.45) is 3.11. The molecular formula is C15H23N3O4. The van der Waals surface area contributed by atoms with Gasteiger partial charge in [-0.3, -0.25) is 4.79 Å². The maximum atomic E-state index is 11.5. The first-order valence-corrected chi connectivity index (χ1v) is 7.52. The number of H-pyrrole nitrogens is 1. The van der Waals surface area contributed by atoms with Crippen LogP contribution in [0.2, 0.25) is 0 Å². The van der Waals surface area contributed by atoms with Crippen molar-refractivity contribution in [1.29, 1.82) is 0 Å². The number of rotatable bonds is 6. The van der Waals surface area contributed by atoms with Crippen molar-refractivity contribution >= 4 is 11.9 Å². The number of amides is 1. The second-order valence-corrected chi connectivity index (χ2v) is 6.21.